The molecule has 0 radical (unpaired) electrons. The molecule has 0 amide bonds. The SMILES string of the molecule is CC(C)CCN1CC2(CC2)CNC(C)(C)C1. The van der Waals surface area contributed by atoms with Gasteiger partial charge < -0.3 is 10.2 Å². The van der Waals surface area contributed by atoms with Crippen molar-refractivity contribution in [3.05, 3.63) is 0 Å². The summed E-state index contributed by atoms with van der Waals surface area (Å²) >= 11 is 0. The third-order valence-corrected chi connectivity index (χ3v) is 4.10. The summed E-state index contributed by atoms with van der Waals surface area (Å²) in [5, 5.41) is 3.75. The van der Waals surface area contributed by atoms with Crippen LogP contribution in [0.2, 0.25) is 0 Å². The highest BCUT2D eigenvalue weighted by Gasteiger charge is 2.46. The lowest BCUT2D eigenvalue weighted by Crippen LogP contribution is -2.46. The largest absolute Gasteiger partial charge is 0.310 e. The van der Waals surface area contributed by atoms with Crippen LogP contribution in [-0.2, 0) is 0 Å². The molecule has 0 atom stereocenters. The highest BCUT2D eigenvalue weighted by Crippen LogP contribution is 2.47. The highest BCUT2D eigenvalue weighted by atomic mass is 15.2. The van der Waals surface area contributed by atoms with E-state index in [1.165, 1.54) is 45.4 Å². The van der Waals surface area contributed by atoms with Crippen LogP contribution in [-0.4, -0.2) is 36.6 Å². The maximum Gasteiger partial charge on any atom is 0.0252 e. The Morgan fingerprint density at radius 2 is 1.88 bits per heavy atom. The lowest BCUT2D eigenvalue weighted by molar-refractivity contribution is 0.203. The van der Waals surface area contributed by atoms with Gasteiger partial charge in [0.2, 0.25) is 0 Å². The van der Waals surface area contributed by atoms with Gasteiger partial charge in [-0.1, -0.05) is 13.8 Å². The van der Waals surface area contributed by atoms with Crippen LogP contribution in [0.1, 0.15) is 47.0 Å². The molecule has 0 aromatic heterocycles. The summed E-state index contributed by atoms with van der Waals surface area (Å²) in [5.41, 5.74) is 0.938. The molecule has 2 nitrogen and oxygen atoms in total. The van der Waals surface area contributed by atoms with E-state index in [4.69, 9.17) is 0 Å². The lowest BCUT2D eigenvalue weighted by atomic mass is 10.0. The second-order valence-corrected chi connectivity index (χ2v) is 7.13. The molecular formula is C14H28N2. The zero-order chi connectivity index (χ0) is 11.8. The molecule has 1 N–H and O–H groups in total. The Morgan fingerprint density at radius 1 is 1.19 bits per heavy atom. The van der Waals surface area contributed by atoms with Gasteiger partial charge in [-0.25, -0.2) is 0 Å². The van der Waals surface area contributed by atoms with Crippen LogP contribution in [0.3, 0.4) is 0 Å². The van der Waals surface area contributed by atoms with E-state index >= 15 is 0 Å². The fraction of sp³-hybridized carbons (Fsp3) is 1.00. The first kappa shape index (κ1) is 12.4. The predicted octanol–water partition coefficient (Wildman–Crippen LogP) is 2.50. The van der Waals surface area contributed by atoms with Gasteiger partial charge in [0.25, 0.3) is 0 Å². The fourth-order valence-corrected chi connectivity index (χ4v) is 2.74. The maximum atomic E-state index is 3.75. The summed E-state index contributed by atoms with van der Waals surface area (Å²) in [7, 11) is 0. The summed E-state index contributed by atoms with van der Waals surface area (Å²) < 4.78 is 0. The molecule has 2 heteroatoms. The standard InChI is InChI=1S/C14H28N2/c1-12(2)5-8-16-10-13(3,4)15-9-14(11-16)6-7-14/h12,15H,5-11H2,1-4H3. The van der Waals surface area contributed by atoms with E-state index in [2.05, 4.69) is 37.9 Å². The zero-order valence-electron chi connectivity index (χ0n) is 11.5. The first-order valence-electron chi connectivity index (χ1n) is 6.88. The minimum atomic E-state index is 0.295. The van der Waals surface area contributed by atoms with Crippen molar-refractivity contribution in [2.45, 2.75) is 52.5 Å². The fourth-order valence-electron chi connectivity index (χ4n) is 2.74. The maximum absolute atomic E-state index is 3.75. The van der Waals surface area contributed by atoms with Crippen LogP contribution >= 0.6 is 0 Å². The molecule has 0 bridgehead atoms. The van der Waals surface area contributed by atoms with Crippen molar-refractivity contribution in [1.29, 1.82) is 0 Å². The van der Waals surface area contributed by atoms with Crippen molar-refractivity contribution in [1.82, 2.24) is 10.2 Å². The smallest absolute Gasteiger partial charge is 0.0252 e. The van der Waals surface area contributed by atoms with E-state index in [1.54, 1.807) is 0 Å². The average molecular weight is 224 g/mol. The number of hydrogen-bond donors (Lipinski definition) is 1. The molecule has 2 fully saturated rings. The molecule has 94 valence electrons. The summed E-state index contributed by atoms with van der Waals surface area (Å²) in [5.74, 6) is 0.828. The van der Waals surface area contributed by atoms with Gasteiger partial charge in [0, 0.05) is 25.2 Å². The number of nitrogens with zero attached hydrogens (tertiary/aromatic N) is 1. The van der Waals surface area contributed by atoms with Gasteiger partial charge in [0.05, 0.1) is 0 Å². The zero-order valence-corrected chi connectivity index (χ0v) is 11.5. The van der Waals surface area contributed by atoms with E-state index in [0.717, 1.165) is 5.92 Å². The van der Waals surface area contributed by atoms with Crippen molar-refractivity contribution in [2.75, 3.05) is 26.2 Å². The Bertz CT molecular complexity index is 233. The quantitative estimate of drug-likeness (QED) is 0.792. The van der Waals surface area contributed by atoms with Gasteiger partial charge in [-0.2, -0.15) is 0 Å². The minimum Gasteiger partial charge on any atom is -0.310 e. The second-order valence-electron chi connectivity index (χ2n) is 7.13. The normalized spacial score (nSPS) is 28.3. The third-order valence-electron chi connectivity index (χ3n) is 4.10. The van der Waals surface area contributed by atoms with Crippen LogP contribution in [0.15, 0.2) is 0 Å². The van der Waals surface area contributed by atoms with Crippen molar-refractivity contribution in [2.24, 2.45) is 11.3 Å². The van der Waals surface area contributed by atoms with Crippen LogP contribution < -0.4 is 5.32 Å². The number of rotatable bonds is 3. The minimum absolute atomic E-state index is 0.295. The van der Waals surface area contributed by atoms with Gasteiger partial charge in [0.15, 0.2) is 0 Å². The predicted molar refractivity (Wildman–Crippen MR) is 69.6 cm³/mol. The van der Waals surface area contributed by atoms with Crippen LogP contribution in [0.4, 0.5) is 0 Å². The monoisotopic (exact) mass is 224 g/mol. The molecule has 1 aliphatic carbocycles. The van der Waals surface area contributed by atoms with Crippen LogP contribution in [0.5, 0.6) is 0 Å². The van der Waals surface area contributed by atoms with Crippen LogP contribution in [0.25, 0.3) is 0 Å². The Hall–Kier alpha value is -0.0800. The number of hydrogen-bond acceptors (Lipinski definition) is 2. The van der Waals surface area contributed by atoms with Gasteiger partial charge in [-0.05, 0) is 51.0 Å². The molecule has 0 aromatic rings. The van der Waals surface area contributed by atoms with Gasteiger partial charge in [-0.3, -0.25) is 0 Å². The molecular weight excluding hydrogens is 196 g/mol. The van der Waals surface area contributed by atoms with E-state index < -0.39 is 0 Å². The topological polar surface area (TPSA) is 15.3 Å². The van der Waals surface area contributed by atoms with Gasteiger partial charge in [0.1, 0.15) is 0 Å². The average Bonchev–Trinajstić information content (AvgIpc) is 2.93. The molecule has 16 heavy (non-hydrogen) atoms. The van der Waals surface area contributed by atoms with Crippen LogP contribution in [0, 0.1) is 11.3 Å². The van der Waals surface area contributed by atoms with Crippen molar-refractivity contribution >= 4 is 0 Å². The summed E-state index contributed by atoms with van der Waals surface area (Å²) in [6.45, 7) is 14.4. The van der Waals surface area contributed by atoms with E-state index in [1.807, 2.05) is 0 Å². The molecule has 1 heterocycles. The lowest BCUT2D eigenvalue weighted by Gasteiger charge is -2.30. The molecule has 2 aliphatic rings. The molecule has 0 aromatic carbocycles. The Labute approximate surface area is 101 Å². The van der Waals surface area contributed by atoms with Crippen molar-refractivity contribution in [3.8, 4) is 0 Å². The second kappa shape index (κ2) is 4.30. The van der Waals surface area contributed by atoms with Crippen molar-refractivity contribution < 1.29 is 0 Å². The summed E-state index contributed by atoms with van der Waals surface area (Å²) in [6, 6.07) is 0. The molecule has 0 unspecified atom stereocenters. The van der Waals surface area contributed by atoms with Gasteiger partial charge >= 0.3 is 0 Å². The van der Waals surface area contributed by atoms with E-state index in [0.29, 0.717) is 11.0 Å². The first-order valence-corrected chi connectivity index (χ1v) is 6.88. The highest BCUT2D eigenvalue weighted by molar-refractivity contribution is 5.02. The Morgan fingerprint density at radius 3 is 2.44 bits per heavy atom. The van der Waals surface area contributed by atoms with E-state index in [-0.39, 0.29) is 0 Å². The Kier molecular flexibility index (Phi) is 3.33. The molecule has 1 spiro atoms. The summed E-state index contributed by atoms with van der Waals surface area (Å²) in [6.07, 6.45) is 4.22. The van der Waals surface area contributed by atoms with Gasteiger partial charge in [-0.15, -0.1) is 0 Å². The molecule has 1 saturated heterocycles. The molecule has 1 saturated carbocycles. The first-order chi connectivity index (χ1) is 7.41. The molecule has 1 aliphatic heterocycles. The van der Waals surface area contributed by atoms with E-state index in [9.17, 15) is 0 Å². The summed E-state index contributed by atoms with van der Waals surface area (Å²) in [4.78, 5) is 2.70. The third kappa shape index (κ3) is 3.21. The number of nitrogens with one attached hydrogen (secondary N) is 1. The molecule has 2 rings (SSSR count). The van der Waals surface area contributed by atoms with Crippen molar-refractivity contribution in [3.63, 3.8) is 0 Å². The Balaban J connectivity index is 1.93.